The molecular formula is C18H23F3N4O5. The molecule has 1 amide bonds. The van der Waals surface area contributed by atoms with Gasteiger partial charge >= 0.3 is 12.1 Å². The zero-order valence-electron chi connectivity index (χ0n) is 16.1. The van der Waals surface area contributed by atoms with Crippen LogP contribution in [-0.4, -0.2) is 76.1 Å². The van der Waals surface area contributed by atoms with Crippen molar-refractivity contribution in [2.45, 2.75) is 56.5 Å². The fourth-order valence-electron chi connectivity index (χ4n) is 3.78. The van der Waals surface area contributed by atoms with Gasteiger partial charge in [-0.2, -0.15) is 13.2 Å². The van der Waals surface area contributed by atoms with E-state index >= 15 is 0 Å². The van der Waals surface area contributed by atoms with Crippen molar-refractivity contribution in [3.63, 3.8) is 0 Å². The van der Waals surface area contributed by atoms with Gasteiger partial charge in [0.1, 0.15) is 18.2 Å². The normalized spacial score (nSPS) is 26.4. The number of carbonyl (C=O) groups excluding carboxylic acids is 1. The van der Waals surface area contributed by atoms with Crippen LogP contribution in [0.2, 0.25) is 0 Å². The Bertz CT molecular complexity index is 730. The van der Waals surface area contributed by atoms with Gasteiger partial charge in [0, 0.05) is 19.3 Å². The third-order valence-electron chi connectivity index (χ3n) is 5.17. The summed E-state index contributed by atoms with van der Waals surface area (Å²) in [6.45, 7) is 2.22. The molecule has 3 aliphatic rings. The summed E-state index contributed by atoms with van der Waals surface area (Å²) >= 11 is 0. The molecule has 3 aliphatic heterocycles. The lowest BCUT2D eigenvalue weighted by molar-refractivity contribution is -0.212. The lowest BCUT2D eigenvalue weighted by Crippen LogP contribution is -2.50. The summed E-state index contributed by atoms with van der Waals surface area (Å²) in [5, 5.41) is 8.63. The monoisotopic (exact) mass is 432 g/mol. The minimum Gasteiger partial charge on any atom is -0.475 e. The number of hydrogen-bond acceptors (Lipinski definition) is 7. The Morgan fingerprint density at radius 1 is 1.17 bits per heavy atom. The van der Waals surface area contributed by atoms with E-state index < -0.39 is 12.1 Å². The number of alkyl halides is 3. The van der Waals surface area contributed by atoms with Gasteiger partial charge in [-0.1, -0.05) is 0 Å². The number of carboxylic acid groups (broad SMARTS) is 1. The molecule has 0 radical (unpaired) electrons. The van der Waals surface area contributed by atoms with E-state index in [-0.39, 0.29) is 18.1 Å². The van der Waals surface area contributed by atoms with E-state index in [9.17, 15) is 18.0 Å². The van der Waals surface area contributed by atoms with Gasteiger partial charge in [0.25, 0.3) is 5.91 Å². The fraction of sp³-hybridized carbons (Fsp3) is 0.667. The summed E-state index contributed by atoms with van der Waals surface area (Å²) in [5.41, 5.74) is 0. The Balaban J connectivity index is 0.000000318. The Hall–Kier alpha value is -2.47. The van der Waals surface area contributed by atoms with Gasteiger partial charge in [-0.3, -0.25) is 9.63 Å². The Morgan fingerprint density at radius 2 is 1.93 bits per heavy atom. The van der Waals surface area contributed by atoms with Crippen LogP contribution in [0.25, 0.3) is 0 Å². The summed E-state index contributed by atoms with van der Waals surface area (Å²) in [4.78, 5) is 37.5. The van der Waals surface area contributed by atoms with Crippen LogP contribution in [0.4, 0.5) is 19.0 Å². The first-order valence-corrected chi connectivity index (χ1v) is 9.70. The molecule has 0 aliphatic carbocycles. The number of halogens is 3. The van der Waals surface area contributed by atoms with Gasteiger partial charge in [-0.15, -0.1) is 0 Å². The molecule has 3 fully saturated rings. The number of amides is 1. The van der Waals surface area contributed by atoms with Crippen LogP contribution in [0.5, 0.6) is 0 Å². The number of nitrogens with zero attached hydrogens (tertiary/aromatic N) is 4. The smallest absolute Gasteiger partial charge is 0.475 e. The van der Waals surface area contributed by atoms with Crippen molar-refractivity contribution in [2.75, 3.05) is 24.6 Å². The number of aliphatic carboxylic acids is 1. The maximum atomic E-state index is 12.5. The average molecular weight is 432 g/mol. The third-order valence-corrected chi connectivity index (χ3v) is 5.17. The highest BCUT2D eigenvalue weighted by molar-refractivity contribution is 5.80. The predicted octanol–water partition coefficient (Wildman–Crippen LogP) is 1.79. The molecule has 1 aromatic rings. The summed E-state index contributed by atoms with van der Waals surface area (Å²) in [5.74, 6) is -1.82. The molecule has 4 heterocycles. The van der Waals surface area contributed by atoms with E-state index in [4.69, 9.17) is 19.5 Å². The average Bonchev–Trinajstić information content (AvgIpc) is 3.17. The van der Waals surface area contributed by atoms with E-state index in [1.165, 1.54) is 5.06 Å². The molecule has 3 saturated heterocycles. The second-order valence-electron chi connectivity index (χ2n) is 7.14. The molecule has 9 nitrogen and oxygen atoms in total. The number of ether oxygens (including phenoxy) is 1. The highest BCUT2D eigenvalue weighted by Crippen LogP contribution is 2.34. The first kappa shape index (κ1) is 22.2. The minimum atomic E-state index is -5.08. The van der Waals surface area contributed by atoms with Gasteiger partial charge in [0.05, 0.1) is 18.8 Å². The third kappa shape index (κ3) is 5.36. The van der Waals surface area contributed by atoms with Crippen molar-refractivity contribution in [3.8, 4) is 0 Å². The molecule has 0 saturated carbocycles. The van der Waals surface area contributed by atoms with Gasteiger partial charge in [-0.25, -0.2) is 19.8 Å². The maximum Gasteiger partial charge on any atom is 0.490 e. The topological polar surface area (TPSA) is 105 Å². The summed E-state index contributed by atoms with van der Waals surface area (Å²) in [6, 6.07) is 2.23. The zero-order chi connectivity index (χ0) is 21.7. The summed E-state index contributed by atoms with van der Waals surface area (Å²) in [7, 11) is 0. The van der Waals surface area contributed by atoms with E-state index in [0.29, 0.717) is 19.2 Å². The van der Waals surface area contributed by atoms with E-state index in [1.54, 1.807) is 12.5 Å². The highest BCUT2D eigenvalue weighted by Gasteiger charge is 2.43. The molecule has 0 bridgehead atoms. The lowest BCUT2D eigenvalue weighted by atomic mass is 9.98. The van der Waals surface area contributed by atoms with Crippen LogP contribution in [0.1, 0.15) is 32.1 Å². The van der Waals surface area contributed by atoms with Gasteiger partial charge in [0.15, 0.2) is 0 Å². The van der Waals surface area contributed by atoms with E-state index in [0.717, 1.165) is 44.5 Å². The number of carboxylic acids is 1. The van der Waals surface area contributed by atoms with Crippen LogP contribution in [-0.2, 0) is 19.2 Å². The van der Waals surface area contributed by atoms with Crippen LogP contribution in [0.3, 0.4) is 0 Å². The van der Waals surface area contributed by atoms with Crippen molar-refractivity contribution in [2.24, 2.45) is 0 Å². The standard InChI is InChI=1S/C16H22N4O3.C2HF3O2/c21-16(20-8-1-2-10-22-20)14-4-3-12-13(23-14)6-9-19(12)15-5-7-17-11-18-15;3-2(4,5)1(6)7/h5,7,11-14H,1-4,6,8-10H2;(H,6,7)/t12-,13-,14+;/m1./s1. The van der Waals surface area contributed by atoms with Crippen LogP contribution in [0, 0.1) is 0 Å². The number of fused-ring (bicyclic) bond motifs is 1. The van der Waals surface area contributed by atoms with Crippen LogP contribution >= 0.6 is 0 Å². The molecule has 12 heteroatoms. The Labute approximate surface area is 170 Å². The number of carbonyl (C=O) groups is 2. The van der Waals surface area contributed by atoms with Crippen molar-refractivity contribution in [1.29, 1.82) is 0 Å². The van der Waals surface area contributed by atoms with Crippen molar-refractivity contribution < 1.29 is 37.4 Å². The number of rotatable bonds is 2. The lowest BCUT2D eigenvalue weighted by Gasteiger charge is -2.37. The fourth-order valence-corrected chi connectivity index (χ4v) is 3.78. The predicted molar refractivity (Wildman–Crippen MR) is 96.3 cm³/mol. The minimum absolute atomic E-state index is 0.0105. The van der Waals surface area contributed by atoms with Gasteiger partial charge in [-0.05, 0) is 38.2 Å². The molecule has 3 atom stereocenters. The quantitative estimate of drug-likeness (QED) is 0.754. The summed E-state index contributed by atoms with van der Waals surface area (Å²) < 4.78 is 37.9. The first-order valence-electron chi connectivity index (χ1n) is 9.70. The van der Waals surface area contributed by atoms with Gasteiger partial charge in [0.2, 0.25) is 0 Å². The highest BCUT2D eigenvalue weighted by atomic mass is 19.4. The molecule has 166 valence electrons. The van der Waals surface area contributed by atoms with E-state index in [1.807, 2.05) is 6.07 Å². The molecular weight excluding hydrogens is 409 g/mol. The second-order valence-corrected chi connectivity index (χ2v) is 7.14. The molecule has 0 unspecified atom stereocenters. The first-order chi connectivity index (χ1) is 14.3. The van der Waals surface area contributed by atoms with Crippen molar-refractivity contribution in [3.05, 3.63) is 18.6 Å². The number of aromatic nitrogens is 2. The zero-order valence-corrected chi connectivity index (χ0v) is 16.1. The maximum absolute atomic E-state index is 12.5. The molecule has 1 aromatic heterocycles. The van der Waals surface area contributed by atoms with Crippen LogP contribution in [0.15, 0.2) is 18.6 Å². The largest absolute Gasteiger partial charge is 0.490 e. The number of hydroxylamine groups is 2. The Morgan fingerprint density at radius 3 is 2.53 bits per heavy atom. The SMILES string of the molecule is O=C(O)C(F)(F)F.O=C([C@@H]1CC[C@@H]2[C@@H](CCN2c2ccncn2)O1)N1CCCCO1. The number of hydrogen-bond donors (Lipinski definition) is 1. The molecule has 30 heavy (non-hydrogen) atoms. The van der Waals surface area contributed by atoms with Gasteiger partial charge < -0.3 is 14.7 Å². The second kappa shape index (κ2) is 9.56. The molecule has 4 rings (SSSR count). The van der Waals surface area contributed by atoms with Crippen molar-refractivity contribution >= 4 is 17.7 Å². The summed E-state index contributed by atoms with van der Waals surface area (Å²) in [6.07, 6.45) is 2.63. The van der Waals surface area contributed by atoms with Crippen molar-refractivity contribution in [1.82, 2.24) is 15.0 Å². The van der Waals surface area contributed by atoms with E-state index in [2.05, 4.69) is 14.9 Å². The van der Waals surface area contributed by atoms with Crippen LogP contribution < -0.4 is 4.90 Å². The molecule has 0 spiro atoms. The molecule has 1 N–H and O–H groups in total. The number of anilines is 1. The Kier molecular flexibility index (Phi) is 7.08. The molecule has 0 aromatic carbocycles.